The van der Waals surface area contributed by atoms with Gasteiger partial charge in [0.2, 0.25) is 11.8 Å². The Hall–Kier alpha value is -2.12. The maximum Gasteiger partial charge on any atom is 0.336 e. The van der Waals surface area contributed by atoms with Crippen molar-refractivity contribution in [2.45, 2.75) is 18.9 Å². The van der Waals surface area contributed by atoms with Gasteiger partial charge in [-0.2, -0.15) is 0 Å². The lowest BCUT2D eigenvalue weighted by molar-refractivity contribution is -0.134. The SMILES string of the molecule is O=C1CC[C@H](NC(=O)c2cc(Cl)c(Cl)cc2C(=O)O)C(=O)N1. The number of hydrogen-bond acceptors (Lipinski definition) is 4. The van der Waals surface area contributed by atoms with E-state index >= 15 is 0 Å². The summed E-state index contributed by atoms with van der Waals surface area (Å²) in [5.41, 5.74) is -0.550. The standard InChI is InChI=1S/C13H10Cl2N2O5/c14-7-3-5(6(13(21)22)4-8(7)15)11(19)16-9-1-2-10(18)17-12(9)20/h3-4,9H,1-2H2,(H,16,19)(H,21,22)(H,17,18,20)/t9-/m0/s1. The van der Waals surface area contributed by atoms with Crippen LogP contribution in [0, 0.1) is 0 Å². The van der Waals surface area contributed by atoms with Gasteiger partial charge in [0.1, 0.15) is 6.04 Å². The largest absolute Gasteiger partial charge is 0.478 e. The number of piperidine rings is 1. The third-order valence-corrected chi connectivity index (χ3v) is 3.80. The molecule has 1 aliphatic rings. The average Bonchev–Trinajstić information content (AvgIpc) is 2.44. The predicted octanol–water partition coefficient (Wildman–Crippen LogP) is 1.23. The number of carbonyl (C=O) groups excluding carboxylic acids is 3. The van der Waals surface area contributed by atoms with Crippen molar-refractivity contribution in [3.63, 3.8) is 0 Å². The number of carboxylic acids is 1. The third kappa shape index (κ3) is 3.37. The van der Waals surface area contributed by atoms with Gasteiger partial charge in [0.25, 0.3) is 5.91 Å². The lowest BCUT2D eigenvalue weighted by Gasteiger charge is -2.22. The van der Waals surface area contributed by atoms with Crippen molar-refractivity contribution in [3.8, 4) is 0 Å². The van der Waals surface area contributed by atoms with Gasteiger partial charge in [-0.15, -0.1) is 0 Å². The molecule has 3 N–H and O–H groups in total. The highest BCUT2D eigenvalue weighted by Crippen LogP contribution is 2.26. The maximum absolute atomic E-state index is 12.2. The molecule has 116 valence electrons. The molecule has 1 aliphatic heterocycles. The zero-order valence-corrected chi connectivity index (χ0v) is 12.5. The minimum Gasteiger partial charge on any atom is -0.478 e. The summed E-state index contributed by atoms with van der Waals surface area (Å²) in [5, 5.41) is 13.6. The molecule has 0 aliphatic carbocycles. The van der Waals surface area contributed by atoms with Crippen molar-refractivity contribution < 1.29 is 24.3 Å². The number of amides is 3. The smallest absolute Gasteiger partial charge is 0.336 e. The molecule has 1 saturated heterocycles. The Balaban J connectivity index is 2.26. The Morgan fingerprint density at radius 1 is 1.18 bits per heavy atom. The summed E-state index contributed by atoms with van der Waals surface area (Å²) in [6.45, 7) is 0. The molecule has 1 fully saturated rings. The summed E-state index contributed by atoms with van der Waals surface area (Å²) >= 11 is 11.5. The van der Waals surface area contributed by atoms with Gasteiger partial charge in [-0.3, -0.25) is 19.7 Å². The van der Waals surface area contributed by atoms with Crippen LogP contribution in [0.1, 0.15) is 33.6 Å². The van der Waals surface area contributed by atoms with E-state index in [4.69, 9.17) is 28.3 Å². The average molecular weight is 345 g/mol. The Bertz CT molecular complexity index is 689. The van der Waals surface area contributed by atoms with Gasteiger partial charge in [-0.1, -0.05) is 23.2 Å². The van der Waals surface area contributed by atoms with Crippen molar-refractivity contribution in [2.75, 3.05) is 0 Å². The van der Waals surface area contributed by atoms with Crippen molar-refractivity contribution in [2.24, 2.45) is 0 Å². The van der Waals surface area contributed by atoms with Crippen LogP contribution in [0.15, 0.2) is 12.1 Å². The maximum atomic E-state index is 12.2. The molecular weight excluding hydrogens is 335 g/mol. The summed E-state index contributed by atoms with van der Waals surface area (Å²) in [6, 6.07) is 1.27. The molecule has 0 saturated carbocycles. The first-order valence-electron chi connectivity index (χ1n) is 6.16. The van der Waals surface area contributed by atoms with Gasteiger partial charge >= 0.3 is 5.97 Å². The second-order valence-electron chi connectivity index (χ2n) is 4.59. The molecule has 1 heterocycles. The summed E-state index contributed by atoms with van der Waals surface area (Å²) in [6.07, 6.45) is 0.226. The topological polar surface area (TPSA) is 113 Å². The van der Waals surface area contributed by atoms with E-state index in [2.05, 4.69) is 10.6 Å². The fourth-order valence-electron chi connectivity index (χ4n) is 1.98. The molecular formula is C13H10Cl2N2O5. The molecule has 1 atom stereocenters. The number of imide groups is 1. The van der Waals surface area contributed by atoms with Crippen molar-refractivity contribution in [3.05, 3.63) is 33.3 Å². The Morgan fingerprint density at radius 2 is 1.77 bits per heavy atom. The monoisotopic (exact) mass is 344 g/mol. The number of benzene rings is 1. The van der Waals surface area contributed by atoms with E-state index in [-0.39, 0.29) is 34.0 Å². The molecule has 0 aromatic heterocycles. The minimum absolute atomic E-state index is 0.00313. The van der Waals surface area contributed by atoms with Gasteiger partial charge in [0.05, 0.1) is 21.2 Å². The second kappa shape index (κ2) is 6.33. The first-order valence-corrected chi connectivity index (χ1v) is 6.92. The first kappa shape index (κ1) is 16.3. The zero-order valence-electron chi connectivity index (χ0n) is 11.0. The molecule has 0 spiro atoms. The lowest BCUT2D eigenvalue weighted by Crippen LogP contribution is -2.52. The fraction of sp³-hybridized carbons (Fsp3) is 0.231. The second-order valence-corrected chi connectivity index (χ2v) is 5.41. The van der Waals surface area contributed by atoms with Crippen LogP contribution in [-0.2, 0) is 9.59 Å². The van der Waals surface area contributed by atoms with Crippen LogP contribution in [0.2, 0.25) is 10.0 Å². The summed E-state index contributed by atoms with van der Waals surface area (Å²) < 4.78 is 0. The molecule has 9 heteroatoms. The summed E-state index contributed by atoms with van der Waals surface area (Å²) in [5.74, 6) is -3.20. The normalized spacial score (nSPS) is 17.8. The fourth-order valence-corrected chi connectivity index (χ4v) is 2.31. The van der Waals surface area contributed by atoms with E-state index in [0.717, 1.165) is 12.1 Å². The van der Waals surface area contributed by atoms with Crippen LogP contribution < -0.4 is 10.6 Å². The summed E-state index contributed by atoms with van der Waals surface area (Å²) in [7, 11) is 0. The highest BCUT2D eigenvalue weighted by molar-refractivity contribution is 6.42. The van der Waals surface area contributed by atoms with E-state index in [1.165, 1.54) is 0 Å². The van der Waals surface area contributed by atoms with E-state index in [0.29, 0.717) is 0 Å². The molecule has 1 aromatic carbocycles. The highest BCUT2D eigenvalue weighted by atomic mass is 35.5. The quantitative estimate of drug-likeness (QED) is 0.713. The van der Waals surface area contributed by atoms with E-state index in [1.807, 2.05) is 0 Å². The zero-order chi connectivity index (χ0) is 16.4. The van der Waals surface area contributed by atoms with Crippen LogP contribution in [0.4, 0.5) is 0 Å². The van der Waals surface area contributed by atoms with Crippen molar-refractivity contribution in [1.82, 2.24) is 10.6 Å². The molecule has 0 radical (unpaired) electrons. The van der Waals surface area contributed by atoms with Gasteiger partial charge < -0.3 is 10.4 Å². The van der Waals surface area contributed by atoms with Crippen LogP contribution in [0.5, 0.6) is 0 Å². The van der Waals surface area contributed by atoms with Crippen LogP contribution in [0.25, 0.3) is 0 Å². The number of hydrogen-bond donors (Lipinski definition) is 3. The first-order chi connectivity index (χ1) is 10.3. The summed E-state index contributed by atoms with van der Waals surface area (Å²) in [4.78, 5) is 46.0. The Labute approximate surface area is 134 Å². The van der Waals surface area contributed by atoms with Gasteiger partial charge in [0.15, 0.2) is 0 Å². The van der Waals surface area contributed by atoms with Gasteiger partial charge in [0, 0.05) is 6.42 Å². The Kier molecular flexibility index (Phi) is 4.68. The molecule has 3 amide bonds. The molecule has 1 aromatic rings. The van der Waals surface area contributed by atoms with E-state index in [1.54, 1.807) is 0 Å². The number of nitrogens with one attached hydrogen (secondary N) is 2. The molecule has 0 unspecified atom stereocenters. The third-order valence-electron chi connectivity index (χ3n) is 3.08. The molecule has 22 heavy (non-hydrogen) atoms. The van der Waals surface area contributed by atoms with Gasteiger partial charge in [-0.25, -0.2) is 4.79 Å². The Morgan fingerprint density at radius 3 is 2.32 bits per heavy atom. The van der Waals surface area contributed by atoms with E-state index in [9.17, 15) is 19.2 Å². The molecule has 2 rings (SSSR count). The predicted molar refractivity (Wildman–Crippen MR) is 77.1 cm³/mol. The van der Waals surface area contributed by atoms with Crippen LogP contribution in [0.3, 0.4) is 0 Å². The molecule has 7 nitrogen and oxygen atoms in total. The highest BCUT2D eigenvalue weighted by Gasteiger charge is 2.29. The van der Waals surface area contributed by atoms with Crippen LogP contribution in [-0.4, -0.2) is 34.8 Å². The van der Waals surface area contributed by atoms with Crippen molar-refractivity contribution in [1.29, 1.82) is 0 Å². The lowest BCUT2D eigenvalue weighted by atomic mass is 10.0. The number of rotatable bonds is 3. The van der Waals surface area contributed by atoms with Gasteiger partial charge in [-0.05, 0) is 18.6 Å². The number of carbonyl (C=O) groups is 4. The van der Waals surface area contributed by atoms with E-state index < -0.39 is 29.7 Å². The number of halogens is 2. The number of aromatic carboxylic acids is 1. The van der Waals surface area contributed by atoms with Crippen molar-refractivity contribution >= 4 is 46.9 Å². The minimum atomic E-state index is -1.35. The molecule has 0 bridgehead atoms. The number of carboxylic acid groups (broad SMARTS) is 1. The van der Waals surface area contributed by atoms with Crippen LogP contribution >= 0.6 is 23.2 Å².